The number of aromatic nitrogens is 1. The quantitative estimate of drug-likeness (QED) is 0.767. The van der Waals surface area contributed by atoms with E-state index in [0.717, 1.165) is 10.6 Å². The van der Waals surface area contributed by atoms with E-state index < -0.39 is 29.2 Å². The van der Waals surface area contributed by atoms with Crippen molar-refractivity contribution in [3.8, 4) is 0 Å². The number of amides is 3. The SMILES string of the molecule is CC(NC(=O)OC(C)(C)C)C(=O)Nc1nc2c(s1)CN(C(=O)OC(C)(C)C)CC2. The fraction of sp³-hybridized carbons (Fsp3) is 0.684. The van der Waals surface area contributed by atoms with Crippen molar-refractivity contribution in [3.63, 3.8) is 0 Å². The largest absolute Gasteiger partial charge is 0.444 e. The fourth-order valence-corrected chi connectivity index (χ4v) is 3.52. The summed E-state index contributed by atoms with van der Waals surface area (Å²) in [5.41, 5.74) is -0.339. The molecule has 1 unspecified atom stereocenters. The van der Waals surface area contributed by atoms with Gasteiger partial charge in [-0.2, -0.15) is 0 Å². The lowest BCUT2D eigenvalue weighted by molar-refractivity contribution is -0.117. The molecule has 1 aromatic heterocycles. The monoisotopic (exact) mass is 426 g/mol. The summed E-state index contributed by atoms with van der Waals surface area (Å²) in [5.74, 6) is -0.397. The molecule has 10 heteroatoms. The molecule has 1 aromatic rings. The van der Waals surface area contributed by atoms with Crippen LogP contribution in [0.25, 0.3) is 0 Å². The van der Waals surface area contributed by atoms with Gasteiger partial charge in [0.1, 0.15) is 17.2 Å². The van der Waals surface area contributed by atoms with Gasteiger partial charge in [0.25, 0.3) is 0 Å². The predicted molar refractivity (Wildman–Crippen MR) is 110 cm³/mol. The average molecular weight is 427 g/mol. The minimum atomic E-state index is -0.788. The molecule has 2 heterocycles. The number of thiazole rings is 1. The highest BCUT2D eigenvalue weighted by molar-refractivity contribution is 7.15. The maximum absolute atomic E-state index is 12.4. The standard InChI is InChI=1S/C19H30N4O5S/c1-11(20-16(25)27-18(2,3)4)14(24)22-15-21-12-8-9-23(10-13(12)29-15)17(26)28-19(5,6)7/h11H,8-10H2,1-7H3,(H,20,25)(H,21,22,24). The first-order chi connectivity index (χ1) is 13.2. The molecular weight excluding hydrogens is 396 g/mol. The van der Waals surface area contributed by atoms with Crippen LogP contribution in [-0.2, 0) is 27.2 Å². The molecule has 1 aliphatic rings. The normalized spacial score (nSPS) is 15.2. The van der Waals surface area contributed by atoms with Crippen molar-refractivity contribution in [2.75, 3.05) is 11.9 Å². The summed E-state index contributed by atoms with van der Waals surface area (Å²) < 4.78 is 10.6. The van der Waals surface area contributed by atoms with E-state index in [0.29, 0.717) is 24.6 Å². The Labute approximate surface area is 175 Å². The molecule has 0 fully saturated rings. The van der Waals surface area contributed by atoms with E-state index in [1.54, 1.807) is 32.6 Å². The van der Waals surface area contributed by atoms with Crippen molar-refractivity contribution >= 4 is 34.6 Å². The van der Waals surface area contributed by atoms with Gasteiger partial charge < -0.3 is 25.0 Å². The number of carbonyl (C=O) groups excluding carboxylic acids is 3. The van der Waals surface area contributed by atoms with Crippen LogP contribution in [-0.4, -0.2) is 51.8 Å². The third-order valence-corrected chi connectivity index (χ3v) is 4.74. The first-order valence-electron chi connectivity index (χ1n) is 9.50. The van der Waals surface area contributed by atoms with Crippen molar-refractivity contribution in [2.24, 2.45) is 0 Å². The number of nitrogens with zero attached hydrogens (tertiary/aromatic N) is 2. The summed E-state index contributed by atoms with van der Waals surface area (Å²) in [5, 5.41) is 5.64. The smallest absolute Gasteiger partial charge is 0.410 e. The molecule has 0 saturated carbocycles. The van der Waals surface area contributed by atoms with Gasteiger partial charge in [0, 0.05) is 17.8 Å². The average Bonchev–Trinajstić information content (AvgIpc) is 2.92. The molecule has 2 rings (SSSR count). The third kappa shape index (κ3) is 7.19. The molecule has 1 atom stereocenters. The first kappa shape index (κ1) is 22.9. The fourth-order valence-electron chi connectivity index (χ4n) is 2.49. The molecule has 0 saturated heterocycles. The lowest BCUT2D eigenvalue weighted by Gasteiger charge is -2.29. The third-order valence-electron chi connectivity index (χ3n) is 3.74. The maximum Gasteiger partial charge on any atom is 0.410 e. The highest BCUT2D eigenvalue weighted by Crippen LogP contribution is 2.29. The zero-order valence-corrected chi connectivity index (χ0v) is 18.9. The summed E-state index contributed by atoms with van der Waals surface area (Å²) in [6.07, 6.45) is -0.434. The van der Waals surface area contributed by atoms with Crippen LogP contribution in [0, 0.1) is 0 Å². The van der Waals surface area contributed by atoms with Crippen molar-refractivity contribution in [2.45, 2.75) is 78.7 Å². The molecule has 2 N–H and O–H groups in total. The van der Waals surface area contributed by atoms with E-state index in [1.807, 2.05) is 20.8 Å². The molecule has 0 spiro atoms. The first-order valence-corrected chi connectivity index (χ1v) is 10.3. The Morgan fingerprint density at radius 2 is 1.72 bits per heavy atom. The van der Waals surface area contributed by atoms with Crippen LogP contribution >= 0.6 is 11.3 Å². The number of ether oxygens (including phenoxy) is 2. The number of fused-ring (bicyclic) bond motifs is 1. The Morgan fingerprint density at radius 1 is 1.10 bits per heavy atom. The lowest BCUT2D eigenvalue weighted by atomic mass is 10.2. The predicted octanol–water partition coefficient (Wildman–Crippen LogP) is 3.29. The molecule has 162 valence electrons. The van der Waals surface area contributed by atoms with Gasteiger partial charge in [-0.1, -0.05) is 11.3 Å². The van der Waals surface area contributed by atoms with E-state index in [1.165, 1.54) is 11.3 Å². The summed E-state index contributed by atoms with van der Waals surface area (Å²) in [6.45, 7) is 13.2. The molecule has 0 radical (unpaired) electrons. The minimum absolute atomic E-state index is 0.364. The van der Waals surface area contributed by atoms with E-state index in [4.69, 9.17) is 9.47 Å². The summed E-state index contributed by atoms with van der Waals surface area (Å²) in [7, 11) is 0. The Balaban J connectivity index is 1.94. The van der Waals surface area contributed by atoms with Crippen LogP contribution in [0.2, 0.25) is 0 Å². The summed E-state index contributed by atoms with van der Waals surface area (Å²) >= 11 is 1.31. The Hall–Kier alpha value is -2.36. The minimum Gasteiger partial charge on any atom is -0.444 e. The van der Waals surface area contributed by atoms with Crippen molar-refractivity contribution < 1.29 is 23.9 Å². The Bertz CT molecular complexity index is 779. The second-order valence-corrected chi connectivity index (χ2v) is 9.98. The second-order valence-electron chi connectivity index (χ2n) is 8.90. The van der Waals surface area contributed by atoms with Gasteiger partial charge in [0.15, 0.2) is 5.13 Å². The zero-order valence-electron chi connectivity index (χ0n) is 18.0. The molecule has 9 nitrogen and oxygen atoms in total. The highest BCUT2D eigenvalue weighted by Gasteiger charge is 2.28. The Kier molecular flexibility index (Phi) is 6.77. The van der Waals surface area contributed by atoms with Gasteiger partial charge in [-0.15, -0.1) is 0 Å². The van der Waals surface area contributed by atoms with Gasteiger partial charge in [-0.25, -0.2) is 14.6 Å². The molecule has 0 bridgehead atoms. The number of alkyl carbamates (subject to hydrolysis) is 1. The Morgan fingerprint density at radius 3 is 2.31 bits per heavy atom. The molecule has 29 heavy (non-hydrogen) atoms. The van der Waals surface area contributed by atoms with Crippen LogP contribution in [0.1, 0.15) is 59.0 Å². The number of carbonyl (C=O) groups is 3. The summed E-state index contributed by atoms with van der Waals surface area (Å²) in [4.78, 5) is 43.4. The van der Waals surface area contributed by atoms with E-state index in [2.05, 4.69) is 15.6 Å². The van der Waals surface area contributed by atoms with Gasteiger partial charge >= 0.3 is 12.2 Å². The number of hydrogen-bond acceptors (Lipinski definition) is 7. The van der Waals surface area contributed by atoms with Gasteiger partial charge in [0.2, 0.25) is 5.91 Å². The number of nitrogens with one attached hydrogen (secondary N) is 2. The van der Waals surface area contributed by atoms with Crippen LogP contribution in [0.5, 0.6) is 0 Å². The number of hydrogen-bond donors (Lipinski definition) is 2. The molecule has 0 aliphatic carbocycles. The van der Waals surface area contributed by atoms with Gasteiger partial charge in [-0.05, 0) is 48.5 Å². The molecule has 3 amide bonds. The van der Waals surface area contributed by atoms with Crippen LogP contribution in [0.15, 0.2) is 0 Å². The van der Waals surface area contributed by atoms with E-state index in [-0.39, 0.29) is 6.09 Å². The number of rotatable bonds is 3. The van der Waals surface area contributed by atoms with Crippen molar-refractivity contribution in [1.29, 1.82) is 0 Å². The van der Waals surface area contributed by atoms with Crippen molar-refractivity contribution in [3.05, 3.63) is 10.6 Å². The molecular formula is C19H30N4O5S. The lowest BCUT2D eigenvalue weighted by Crippen LogP contribution is -2.43. The maximum atomic E-state index is 12.4. The van der Waals surface area contributed by atoms with Crippen LogP contribution in [0.3, 0.4) is 0 Å². The second kappa shape index (κ2) is 8.56. The number of anilines is 1. The molecule has 1 aliphatic heterocycles. The van der Waals surface area contributed by atoms with E-state index >= 15 is 0 Å². The zero-order chi connectivity index (χ0) is 22.0. The van der Waals surface area contributed by atoms with E-state index in [9.17, 15) is 14.4 Å². The van der Waals surface area contributed by atoms with Gasteiger partial charge in [-0.3, -0.25) is 4.79 Å². The van der Waals surface area contributed by atoms with Crippen LogP contribution in [0.4, 0.5) is 14.7 Å². The highest BCUT2D eigenvalue weighted by atomic mass is 32.1. The molecule has 0 aromatic carbocycles. The van der Waals surface area contributed by atoms with Gasteiger partial charge in [0.05, 0.1) is 12.2 Å². The van der Waals surface area contributed by atoms with Crippen molar-refractivity contribution in [1.82, 2.24) is 15.2 Å². The summed E-state index contributed by atoms with van der Waals surface area (Å²) in [6, 6.07) is -0.788. The van der Waals surface area contributed by atoms with Crippen LogP contribution < -0.4 is 10.6 Å². The topological polar surface area (TPSA) is 110 Å².